The van der Waals surface area contributed by atoms with E-state index in [1.807, 2.05) is 39.5 Å². The van der Waals surface area contributed by atoms with E-state index in [1.165, 1.54) is 0 Å². The van der Waals surface area contributed by atoms with E-state index in [2.05, 4.69) is 45.1 Å². The minimum Gasteiger partial charge on any atom is -0.495 e. The molecule has 0 aromatic heterocycles. The molecule has 0 bridgehead atoms. The van der Waals surface area contributed by atoms with Gasteiger partial charge in [-0.05, 0) is 67.6 Å². The van der Waals surface area contributed by atoms with E-state index in [0.29, 0.717) is 24.5 Å². The van der Waals surface area contributed by atoms with Gasteiger partial charge in [-0.1, -0.05) is 26.5 Å². The molecule has 8 atom stereocenters. The lowest BCUT2D eigenvalue weighted by Crippen LogP contribution is -2.36. The van der Waals surface area contributed by atoms with Crippen LogP contribution in [0.5, 0.6) is 0 Å². The van der Waals surface area contributed by atoms with Crippen molar-refractivity contribution in [1.29, 1.82) is 0 Å². The molecule has 0 aromatic rings. The lowest BCUT2D eigenvalue weighted by Gasteiger charge is -2.23. The predicted molar refractivity (Wildman–Crippen MR) is 171 cm³/mol. The van der Waals surface area contributed by atoms with Gasteiger partial charge in [-0.3, -0.25) is 19.4 Å². The van der Waals surface area contributed by atoms with Crippen LogP contribution in [0.4, 0.5) is 0 Å². The zero-order valence-electron chi connectivity index (χ0n) is 26.1. The molecule has 45 heavy (non-hydrogen) atoms. The number of amides is 1. The molecule has 1 amide bonds. The van der Waals surface area contributed by atoms with Crippen LogP contribution in [-0.4, -0.2) is 73.0 Å². The summed E-state index contributed by atoms with van der Waals surface area (Å²) >= 11 is 1.88. The van der Waals surface area contributed by atoms with Gasteiger partial charge in [0.15, 0.2) is 11.5 Å². The van der Waals surface area contributed by atoms with E-state index >= 15 is 0 Å². The number of nitrogens with zero attached hydrogens (tertiary/aromatic N) is 1. The first-order chi connectivity index (χ1) is 21.4. The fraction of sp³-hybridized carbons (Fsp3) is 0.545. The number of thioether (sulfide) groups is 1. The molecule has 0 spiro atoms. The fourth-order valence-electron chi connectivity index (χ4n) is 7.79. The number of hydrogen-bond acceptors (Lipinski definition) is 9. The third-order valence-corrected chi connectivity index (χ3v) is 11.6. The number of carboxylic acids is 2. The average Bonchev–Trinajstić information content (AvgIpc) is 3.84. The molecule has 3 fully saturated rings. The maximum Gasteiger partial charge on any atom is 0.303 e. The summed E-state index contributed by atoms with van der Waals surface area (Å²) in [5, 5.41) is 42.1. The number of nitrogens with one attached hydrogen (secondary N) is 4. The van der Waals surface area contributed by atoms with Crippen molar-refractivity contribution < 1.29 is 29.7 Å². The number of aliphatic hydroxyl groups excluding tert-OH is 1. The van der Waals surface area contributed by atoms with Crippen LogP contribution in [0.2, 0.25) is 0 Å². The number of rotatable bonds is 12. The van der Waals surface area contributed by atoms with Gasteiger partial charge in [0, 0.05) is 65.0 Å². The number of aliphatic hydroxyl groups is 1. The first kappa shape index (κ1) is 31.3. The van der Waals surface area contributed by atoms with Gasteiger partial charge < -0.3 is 31.3 Å². The lowest BCUT2D eigenvalue weighted by molar-refractivity contribution is -0.138. The zero-order chi connectivity index (χ0) is 32.4. The zero-order valence-corrected chi connectivity index (χ0v) is 27.0. The fourth-order valence-corrected chi connectivity index (χ4v) is 8.75. The molecule has 3 unspecified atom stereocenters. The van der Waals surface area contributed by atoms with Gasteiger partial charge in [0.25, 0.3) is 0 Å². The minimum atomic E-state index is -0.878. The summed E-state index contributed by atoms with van der Waals surface area (Å²) in [6.45, 7) is 11.9. The molecule has 0 radical (unpaired) electrons. The maximum absolute atomic E-state index is 12.7. The van der Waals surface area contributed by atoms with Gasteiger partial charge in [-0.25, -0.2) is 0 Å². The quantitative estimate of drug-likeness (QED) is 0.156. The predicted octanol–water partition coefficient (Wildman–Crippen LogP) is 3.44. The molecule has 3 saturated heterocycles. The summed E-state index contributed by atoms with van der Waals surface area (Å²) in [5.74, 6) is -0.311. The van der Waals surface area contributed by atoms with E-state index in [9.17, 15) is 29.7 Å². The molecule has 6 heterocycles. The Morgan fingerprint density at radius 1 is 1.09 bits per heavy atom. The SMILES string of the molecule is C=CC1=C(O)N[C@H](CC2N/C(=C\[C@]34NN3/C(=C/C3NC(=O)[C@H](C)[C@H]3[C@H]3CS3)C(C)=C4CCC(=O)O)C(CCC(=O)O)=C2C)C1C. The highest BCUT2D eigenvalue weighted by molar-refractivity contribution is 8.06. The normalized spacial score (nSPS) is 36.9. The highest BCUT2D eigenvalue weighted by atomic mass is 32.2. The van der Waals surface area contributed by atoms with Crippen molar-refractivity contribution in [2.75, 3.05) is 5.75 Å². The van der Waals surface area contributed by atoms with E-state index in [1.54, 1.807) is 6.08 Å². The second-order valence-corrected chi connectivity index (χ2v) is 14.4. The van der Waals surface area contributed by atoms with Crippen molar-refractivity contribution in [3.05, 3.63) is 69.9 Å². The highest BCUT2D eigenvalue weighted by Crippen LogP contribution is 2.53. The number of aliphatic carboxylic acids is 2. The molecular weight excluding hydrogens is 594 g/mol. The van der Waals surface area contributed by atoms with Crippen molar-refractivity contribution in [1.82, 2.24) is 26.4 Å². The monoisotopic (exact) mass is 637 g/mol. The summed E-state index contributed by atoms with van der Waals surface area (Å²) in [6, 6.07) is -0.232. The summed E-state index contributed by atoms with van der Waals surface area (Å²) in [7, 11) is 0. The molecule has 242 valence electrons. The van der Waals surface area contributed by atoms with Crippen LogP contribution >= 0.6 is 11.8 Å². The Balaban J connectivity index is 1.32. The highest BCUT2D eigenvalue weighted by Gasteiger charge is 2.61. The van der Waals surface area contributed by atoms with Gasteiger partial charge in [0.05, 0.1) is 11.7 Å². The number of allylic oxidation sites excluding steroid dienone is 3. The van der Waals surface area contributed by atoms with Gasteiger partial charge in [-0.2, -0.15) is 17.2 Å². The van der Waals surface area contributed by atoms with Crippen molar-refractivity contribution in [3.63, 3.8) is 0 Å². The summed E-state index contributed by atoms with van der Waals surface area (Å²) in [4.78, 5) is 36.0. The number of carboxylic acid groups (broad SMARTS) is 2. The van der Waals surface area contributed by atoms with Crippen molar-refractivity contribution >= 4 is 29.6 Å². The molecule has 7 N–H and O–H groups in total. The minimum absolute atomic E-state index is 0.0182. The van der Waals surface area contributed by atoms with E-state index < -0.39 is 17.6 Å². The average molecular weight is 638 g/mol. The topological polar surface area (TPSA) is 173 Å². The number of hydrazine groups is 1. The first-order valence-electron chi connectivity index (χ1n) is 15.7. The largest absolute Gasteiger partial charge is 0.495 e. The number of carbonyl (C=O) groups excluding carboxylic acids is 1. The van der Waals surface area contributed by atoms with Crippen LogP contribution in [0, 0.1) is 17.8 Å². The third kappa shape index (κ3) is 5.56. The Kier molecular flexibility index (Phi) is 8.09. The summed E-state index contributed by atoms with van der Waals surface area (Å²) < 4.78 is 0. The molecule has 11 nitrogen and oxygen atoms in total. The summed E-state index contributed by atoms with van der Waals surface area (Å²) in [6.07, 6.45) is 7.20. The maximum atomic E-state index is 12.7. The van der Waals surface area contributed by atoms with Crippen LogP contribution in [0.3, 0.4) is 0 Å². The standard InChI is InChI=1S/C33H43N5O6S/c1-6-19-15(2)23(35-32(19)44)11-22-16(3)20(7-9-28(39)40)25(34-22)13-33-21(8-10-29(41)42)17(4)26(38(33)37-33)12-24-30(27-14-45-27)18(5)31(43)36-24/h6,12-13,15,18,22-24,27,30,34-35,37,44H,1,7-11,14H2,2-5H3,(H,36,43)(H,39,40)(H,41,42)/b25-13-,26-12+/t15?,18-,22?,23-,24?,27-,30-,33+,38?/m1/s1. The van der Waals surface area contributed by atoms with E-state index in [0.717, 1.165) is 45.0 Å². The van der Waals surface area contributed by atoms with E-state index in [-0.39, 0.29) is 60.5 Å². The number of fused-ring (bicyclic) bond motifs is 1. The molecule has 0 aromatic carbocycles. The van der Waals surface area contributed by atoms with E-state index in [4.69, 9.17) is 0 Å². The van der Waals surface area contributed by atoms with Gasteiger partial charge in [0.1, 0.15) is 0 Å². The molecular formula is C33H43N5O6S. The second kappa shape index (κ2) is 11.6. The Morgan fingerprint density at radius 3 is 2.40 bits per heavy atom. The van der Waals surface area contributed by atoms with Crippen molar-refractivity contribution in [2.24, 2.45) is 17.8 Å². The Morgan fingerprint density at radius 2 is 1.78 bits per heavy atom. The number of carbonyl (C=O) groups is 3. The molecule has 6 rings (SSSR count). The van der Waals surface area contributed by atoms with Crippen LogP contribution in [0.25, 0.3) is 0 Å². The Bertz CT molecular complexity index is 1510. The molecule has 12 heteroatoms. The Labute approximate surface area is 267 Å². The van der Waals surface area contributed by atoms with Crippen molar-refractivity contribution in [3.8, 4) is 0 Å². The van der Waals surface area contributed by atoms with Crippen LogP contribution in [0.15, 0.2) is 69.9 Å². The second-order valence-electron chi connectivity index (χ2n) is 13.1. The van der Waals surface area contributed by atoms with Crippen LogP contribution < -0.4 is 21.4 Å². The van der Waals surface area contributed by atoms with Crippen molar-refractivity contribution in [2.45, 2.75) is 88.8 Å². The first-order valence-corrected chi connectivity index (χ1v) is 16.8. The van der Waals surface area contributed by atoms with Crippen LogP contribution in [0.1, 0.15) is 59.8 Å². The lowest BCUT2D eigenvalue weighted by atomic mass is 9.88. The molecule has 0 aliphatic carbocycles. The van der Waals surface area contributed by atoms with Gasteiger partial charge in [0.2, 0.25) is 5.91 Å². The van der Waals surface area contributed by atoms with Crippen LogP contribution in [-0.2, 0) is 14.4 Å². The van der Waals surface area contributed by atoms with Gasteiger partial charge >= 0.3 is 11.9 Å². The summed E-state index contributed by atoms with van der Waals surface area (Å²) in [5.41, 5.74) is 9.25. The molecule has 6 aliphatic rings. The third-order valence-electron chi connectivity index (χ3n) is 10.5. The number of hydrogen-bond donors (Lipinski definition) is 7. The molecule has 6 aliphatic heterocycles. The molecule has 0 saturated carbocycles. The smallest absolute Gasteiger partial charge is 0.303 e. The van der Waals surface area contributed by atoms with Gasteiger partial charge in [-0.15, -0.1) is 0 Å². The Hall–Kier alpha value is -3.64.